The number of pyridine rings is 1. The van der Waals surface area contributed by atoms with Gasteiger partial charge in [-0.3, -0.25) is 14.4 Å². The number of para-hydroxylation sites is 1. The second-order valence-electron chi connectivity index (χ2n) is 11.8. The number of hydrogen-bond acceptors (Lipinski definition) is 6. The Bertz CT molecular complexity index is 1820. The average molecular weight is 689 g/mol. The fraction of sp³-hybridized carbons (Fsp3) is 0.297. The third-order valence-electron chi connectivity index (χ3n) is 8.52. The van der Waals surface area contributed by atoms with Crippen LogP contribution < -0.4 is 20.3 Å². The second-order valence-corrected chi connectivity index (χ2v) is 12.5. The van der Waals surface area contributed by atoms with Gasteiger partial charge in [-0.1, -0.05) is 60.5 Å². The van der Waals surface area contributed by atoms with Crippen LogP contribution in [0.1, 0.15) is 36.6 Å². The first-order valence-electron chi connectivity index (χ1n) is 15.9. The minimum Gasteiger partial charge on any atom is -0.487 e. The van der Waals surface area contributed by atoms with Crippen LogP contribution >= 0.6 is 23.2 Å². The molecule has 1 aliphatic rings. The molecule has 1 aromatic heterocycles. The Labute approximate surface area is 290 Å². The van der Waals surface area contributed by atoms with Crippen molar-refractivity contribution in [1.29, 1.82) is 0 Å². The first-order chi connectivity index (χ1) is 23.1. The van der Waals surface area contributed by atoms with Gasteiger partial charge in [-0.15, -0.1) is 0 Å². The number of fused-ring (bicyclic) bond motifs is 1. The van der Waals surface area contributed by atoms with Gasteiger partial charge in [0.05, 0.1) is 17.3 Å². The van der Waals surface area contributed by atoms with E-state index >= 15 is 0 Å². The summed E-state index contributed by atoms with van der Waals surface area (Å²) in [6.07, 6.45) is 4.73. The number of carbonyl (C=O) groups is 3. The summed E-state index contributed by atoms with van der Waals surface area (Å²) in [6.45, 7) is 6.77. The minimum absolute atomic E-state index is 0.0209. The molecule has 250 valence electrons. The van der Waals surface area contributed by atoms with Gasteiger partial charge in [-0.2, -0.15) is 0 Å². The molecule has 0 saturated carbocycles. The van der Waals surface area contributed by atoms with Crippen molar-refractivity contribution in [3.63, 3.8) is 0 Å². The Kier molecular flexibility index (Phi) is 11.7. The van der Waals surface area contributed by atoms with Crippen molar-refractivity contribution in [2.45, 2.75) is 33.3 Å². The van der Waals surface area contributed by atoms with Gasteiger partial charge in [0.1, 0.15) is 17.9 Å². The van der Waals surface area contributed by atoms with Gasteiger partial charge in [0, 0.05) is 46.4 Å². The zero-order chi connectivity index (χ0) is 34.2. The Hall–Kier alpha value is -4.44. The number of likely N-dealkylation sites (N-methyl/N-ethyl adjacent to an activating group) is 1. The fourth-order valence-electron chi connectivity index (χ4n) is 5.54. The normalized spacial score (nSPS) is 13.9. The lowest BCUT2D eigenvalue weighted by molar-refractivity contribution is -0.122. The average Bonchev–Trinajstić information content (AvgIpc) is 3.10. The van der Waals surface area contributed by atoms with E-state index in [1.165, 1.54) is 11.0 Å². The molecule has 0 spiro atoms. The van der Waals surface area contributed by atoms with E-state index in [2.05, 4.69) is 27.4 Å². The molecule has 0 unspecified atom stereocenters. The monoisotopic (exact) mass is 687 g/mol. The lowest BCUT2D eigenvalue weighted by atomic mass is 9.96. The van der Waals surface area contributed by atoms with Crippen LogP contribution in [-0.2, 0) is 21.0 Å². The summed E-state index contributed by atoms with van der Waals surface area (Å²) in [5, 5.41) is 7.24. The molecular formula is C37H39Cl2N5O4. The van der Waals surface area contributed by atoms with Crippen LogP contribution in [0.3, 0.4) is 0 Å². The number of rotatable bonds is 11. The molecule has 2 N–H and O–H groups in total. The Morgan fingerprint density at radius 1 is 1.02 bits per heavy atom. The third-order valence-corrected chi connectivity index (χ3v) is 9.30. The van der Waals surface area contributed by atoms with Crippen LogP contribution in [0.25, 0.3) is 17.0 Å². The van der Waals surface area contributed by atoms with E-state index in [1.54, 1.807) is 25.3 Å². The summed E-state index contributed by atoms with van der Waals surface area (Å²) in [6, 6.07) is 20.2. The maximum atomic E-state index is 13.0. The number of aromatic nitrogens is 1. The molecule has 1 fully saturated rings. The van der Waals surface area contributed by atoms with Gasteiger partial charge in [0.25, 0.3) is 0 Å². The first-order valence-corrected chi connectivity index (χ1v) is 16.7. The van der Waals surface area contributed by atoms with Gasteiger partial charge in [0.15, 0.2) is 0 Å². The molecule has 3 aromatic carbocycles. The summed E-state index contributed by atoms with van der Waals surface area (Å²) in [5.41, 5.74) is 4.05. The van der Waals surface area contributed by atoms with E-state index in [0.717, 1.165) is 54.6 Å². The van der Waals surface area contributed by atoms with E-state index in [-0.39, 0.29) is 35.9 Å². The third kappa shape index (κ3) is 8.72. The van der Waals surface area contributed by atoms with Crippen molar-refractivity contribution in [2.75, 3.05) is 43.4 Å². The molecule has 0 aliphatic carbocycles. The number of nitrogens with zero attached hydrogens (tertiary/aromatic N) is 3. The lowest BCUT2D eigenvalue weighted by Gasteiger charge is -2.30. The van der Waals surface area contributed by atoms with E-state index < -0.39 is 5.91 Å². The van der Waals surface area contributed by atoms with Gasteiger partial charge in [-0.05, 0) is 87.4 Å². The Balaban J connectivity index is 1.13. The molecule has 4 aromatic rings. The number of amides is 3. The topological polar surface area (TPSA) is 104 Å². The summed E-state index contributed by atoms with van der Waals surface area (Å²) in [5.74, 6) is -0.145. The highest BCUT2D eigenvalue weighted by atomic mass is 35.5. The Morgan fingerprint density at radius 2 is 1.77 bits per heavy atom. The standard InChI is InChI=1S/C37H39Cl2N5O4/c1-4-44-20-18-27(19-21-44)37(47)42-28-13-9-25(10-14-28)11-17-33(45)40-22-34(46)43(3)31-16-15-30(38)29(35(31)39)23-48-32-7-5-6-26-12-8-24(2)41-36(26)32/h5-17,27H,4,18-23H2,1-3H3,(H,40,45)(H,42,47). The van der Waals surface area contributed by atoms with E-state index in [1.807, 2.05) is 61.5 Å². The van der Waals surface area contributed by atoms with Crippen LogP contribution in [-0.4, -0.2) is 60.8 Å². The molecule has 9 nitrogen and oxygen atoms in total. The highest BCUT2D eigenvalue weighted by Gasteiger charge is 2.24. The summed E-state index contributed by atoms with van der Waals surface area (Å²) < 4.78 is 6.10. The number of ether oxygens (including phenoxy) is 1. The number of likely N-dealkylation sites (tertiary alicyclic amines) is 1. The number of aryl methyl sites for hydroxylation is 1. The molecule has 2 heterocycles. The summed E-state index contributed by atoms with van der Waals surface area (Å²) in [4.78, 5) is 46.5. The summed E-state index contributed by atoms with van der Waals surface area (Å²) >= 11 is 13.2. The Morgan fingerprint density at radius 3 is 2.50 bits per heavy atom. The first kappa shape index (κ1) is 34.9. The zero-order valence-corrected chi connectivity index (χ0v) is 28.8. The molecular weight excluding hydrogens is 649 g/mol. The van der Waals surface area contributed by atoms with Crippen LogP contribution in [0.5, 0.6) is 5.75 Å². The molecule has 11 heteroatoms. The van der Waals surface area contributed by atoms with Crippen LogP contribution in [0.2, 0.25) is 10.0 Å². The summed E-state index contributed by atoms with van der Waals surface area (Å²) in [7, 11) is 1.58. The van der Waals surface area contributed by atoms with Gasteiger partial charge < -0.3 is 25.2 Å². The lowest BCUT2D eigenvalue weighted by Crippen LogP contribution is -2.37. The van der Waals surface area contributed by atoms with Crippen molar-refractivity contribution in [3.8, 4) is 5.75 Å². The second kappa shape index (κ2) is 16.1. The number of anilines is 2. The predicted molar refractivity (Wildman–Crippen MR) is 193 cm³/mol. The molecule has 3 amide bonds. The van der Waals surface area contributed by atoms with Gasteiger partial charge >= 0.3 is 0 Å². The van der Waals surface area contributed by atoms with Crippen molar-refractivity contribution in [2.24, 2.45) is 5.92 Å². The fourth-order valence-corrected chi connectivity index (χ4v) is 6.15. The zero-order valence-electron chi connectivity index (χ0n) is 27.3. The van der Waals surface area contributed by atoms with Gasteiger partial charge in [0.2, 0.25) is 17.7 Å². The van der Waals surface area contributed by atoms with E-state index in [0.29, 0.717) is 27.7 Å². The largest absolute Gasteiger partial charge is 0.487 e. The van der Waals surface area contributed by atoms with E-state index in [9.17, 15) is 14.4 Å². The highest BCUT2D eigenvalue weighted by molar-refractivity contribution is 6.38. The number of halogens is 2. The highest BCUT2D eigenvalue weighted by Crippen LogP contribution is 2.35. The van der Waals surface area contributed by atoms with E-state index in [4.69, 9.17) is 27.9 Å². The predicted octanol–water partition coefficient (Wildman–Crippen LogP) is 6.89. The maximum Gasteiger partial charge on any atom is 0.246 e. The maximum absolute atomic E-state index is 13.0. The van der Waals surface area contributed by atoms with Gasteiger partial charge in [-0.25, -0.2) is 4.98 Å². The number of benzene rings is 3. The number of carbonyl (C=O) groups excluding carboxylic acids is 3. The quantitative estimate of drug-likeness (QED) is 0.167. The molecule has 0 atom stereocenters. The molecule has 48 heavy (non-hydrogen) atoms. The smallest absolute Gasteiger partial charge is 0.246 e. The number of piperidine rings is 1. The molecule has 0 bridgehead atoms. The molecule has 0 radical (unpaired) electrons. The van der Waals surface area contributed by atoms with Crippen LogP contribution in [0.15, 0.2) is 72.8 Å². The molecule has 5 rings (SSSR count). The molecule has 1 saturated heterocycles. The number of nitrogens with one attached hydrogen (secondary N) is 2. The number of hydrogen-bond donors (Lipinski definition) is 2. The van der Waals surface area contributed by atoms with Crippen molar-refractivity contribution in [1.82, 2.24) is 15.2 Å². The SMILES string of the molecule is CCN1CCC(C(=O)Nc2ccc(C=CC(=O)NCC(=O)N(C)c3ccc(Cl)c(COc4cccc5ccc(C)nc45)c3Cl)cc2)CC1. The molecule has 1 aliphatic heterocycles. The minimum atomic E-state index is -0.428. The van der Waals surface area contributed by atoms with Crippen molar-refractivity contribution in [3.05, 3.63) is 99.7 Å². The van der Waals surface area contributed by atoms with Crippen LogP contribution in [0, 0.1) is 12.8 Å². The van der Waals surface area contributed by atoms with Crippen molar-refractivity contribution < 1.29 is 19.1 Å². The van der Waals surface area contributed by atoms with Crippen molar-refractivity contribution >= 4 is 69.3 Å². The van der Waals surface area contributed by atoms with Crippen LogP contribution in [0.4, 0.5) is 11.4 Å².